The number of aryl methyl sites for hydroxylation is 2. The maximum Gasteiger partial charge on any atom is 0.342 e. The number of rotatable bonds is 5. The van der Waals surface area contributed by atoms with Crippen molar-refractivity contribution in [3.8, 4) is 11.5 Å². The highest BCUT2D eigenvalue weighted by atomic mass is 32.2. The van der Waals surface area contributed by atoms with Gasteiger partial charge >= 0.3 is 10.1 Å². The van der Waals surface area contributed by atoms with Crippen LogP contribution in [-0.4, -0.2) is 20.5 Å². The van der Waals surface area contributed by atoms with Gasteiger partial charge in [-0.1, -0.05) is 12.1 Å². The van der Waals surface area contributed by atoms with Crippen molar-refractivity contribution in [1.82, 2.24) is 0 Å². The minimum atomic E-state index is -4.19. The smallest absolute Gasteiger partial charge is 0.342 e. The molecule has 0 saturated carbocycles. The Morgan fingerprint density at radius 3 is 2.35 bits per heavy atom. The molecule has 0 spiro atoms. The first-order chi connectivity index (χ1) is 10.7. The van der Waals surface area contributed by atoms with E-state index in [1.54, 1.807) is 19.1 Å². The van der Waals surface area contributed by atoms with Crippen LogP contribution in [0.2, 0.25) is 0 Å². The van der Waals surface area contributed by atoms with E-state index in [1.807, 2.05) is 13.0 Å². The lowest BCUT2D eigenvalue weighted by atomic mass is 10.1. The van der Waals surface area contributed by atoms with Gasteiger partial charge in [-0.15, -0.1) is 0 Å². The van der Waals surface area contributed by atoms with E-state index >= 15 is 0 Å². The van der Waals surface area contributed by atoms with Gasteiger partial charge in [0.1, 0.15) is 16.4 Å². The van der Waals surface area contributed by atoms with Gasteiger partial charge in [0.2, 0.25) is 0 Å². The lowest BCUT2D eigenvalue weighted by Crippen LogP contribution is -2.12. The molecule has 0 aliphatic rings. The molecular formula is C15H15NO6S. The molecule has 0 N–H and O–H groups in total. The summed E-state index contributed by atoms with van der Waals surface area (Å²) in [5, 5.41) is 10.8. The standard InChI is InChI=1S/C15H15NO6S/c1-10-4-5-11(2)13(8-10)22-23(19,20)15-7-6-12(16(17)18)9-14(15)21-3/h4-9H,1-3H3. The van der Waals surface area contributed by atoms with Crippen LogP contribution in [0, 0.1) is 24.0 Å². The SMILES string of the molecule is COc1cc([N+](=O)[O-])ccc1S(=O)(=O)Oc1cc(C)ccc1C. The van der Waals surface area contributed by atoms with E-state index in [0.29, 0.717) is 5.56 Å². The third-order valence-electron chi connectivity index (χ3n) is 3.17. The second-order valence-corrected chi connectivity index (χ2v) is 6.41. The van der Waals surface area contributed by atoms with Crippen molar-refractivity contribution >= 4 is 15.8 Å². The Morgan fingerprint density at radius 1 is 1.04 bits per heavy atom. The molecule has 7 nitrogen and oxygen atoms in total. The molecule has 2 aromatic carbocycles. The lowest BCUT2D eigenvalue weighted by molar-refractivity contribution is -0.385. The number of hydrogen-bond donors (Lipinski definition) is 0. The van der Waals surface area contributed by atoms with Crippen LogP contribution in [0.5, 0.6) is 11.5 Å². The highest BCUT2D eigenvalue weighted by Crippen LogP contribution is 2.31. The molecule has 0 fully saturated rings. The molecule has 23 heavy (non-hydrogen) atoms. The molecule has 0 saturated heterocycles. The fourth-order valence-corrected chi connectivity index (χ4v) is 3.07. The zero-order valence-electron chi connectivity index (χ0n) is 12.8. The van der Waals surface area contributed by atoms with Gasteiger partial charge in [-0.3, -0.25) is 10.1 Å². The average Bonchev–Trinajstić information content (AvgIpc) is 2.49. The summed E-state index contributed by atoms with van der Waals surface area (Å²) in [5.41, 5.74) is 1.23. The molecule has 0 atom stereocenters. The molecule has 8 heteroatoms. The van der Waals surface area contributed by atoms with E-state index in [0.717, 1.165) is 23.8 Å². The van der Waals surface area contributed by atoms with Crippen molar-refractivity contribution < 1.29 is 22.3 Å². The van der Waals surface area contributed by atoms with Gasteiger partial charge in [0.05, 0.1) is 18.1 Å². The predicted octanol–water partition coefficient (Wildman–Crippen LogP) is 2.99. The fraction of sp³-hybridized carbons (Fsp3) is 0.200. The van der Waals surface area contributed by atoms with Crippen molar-refractivity contribution in [3.63, 3.8) is 0 Å². The Balaban J connectivity index is 2.47. The number of hydrogen-bond acceptors (Lipinski definition) is 6. The molecule has 0 aliphatic heterocycles. The Bertz CT molecular complexity index is 860. The molecule has 122 valence electrons. The van der Waals surface area contributed by atoms with Gasteiger partial charge < -0.3 is 8.92 Å². The Hall–Kier alpha value is -2.61. The molecule has 0 bridgehead atoms. The Morgan fingerprint density at radius 2 is 1.74 bits per heavy atom. The maximum absolute atomic E-state index is 12.5. The van der Waals surface area contributed by atoms with E-state index < -0.39 is 15.0 Å². The van der Waals surface area contributed by atoms with E-state index in [2.05, 4.69) is 0 Å². The Labute approximate surface area is 133 Å². The summed E-state index contributed by atoms with van der Waals surface area (Å²) in [6.45, 7) is 3.53. The number of nitro benzene ring substituents is 1. The summed E-state index contributed by atoms with van der Waals surface area (Å²) in [7, 11) is -2.95. The quantitative estimate of drug-likeness (QED) is 0.473. The number of benzene rings is 2. The van der Waals surface area contributed by atoms with E-state index in [-0.39, 0.29) is 22.1 Å². The molecular weight excluding hydrogens is 322 g/mol. The van der Waals surface area contributed by atoms with Crippen LogP contribution in [0.25, 0.3) is 0 Å². The molecule has 0 aromatic heterocycles. The number of methoxy groups -OCH3 is 1. The normalized spacial score (nSPS) is 11.1. The second kappa shape index (κ2) is 6.25. The third kappa shape index (κ3) is 3.59. The van der Waals surface area contributed by atoms with Crippen LogP contribution in [0.3, 0.4) is 0 Å². The molecule has 2 aromatic rings. The first-order valence-corrected chi connectivity index (χ1v) is 7.99. The van der Waals surface area contributed by atoms with Gasteiger partial charge in [0.25, 0.3) is 5.69 Å². The monoisotopic (exact) mass is 337 g/mol. The van der Waals surface area contributed by atoms with Crippen LogP contribution in [0.1, 0.15) is 11.1 Å². The third-order valence-corrected chi connectivity index (χ3v) is 4.45. The van der Waals surface area contributed by atoms with Crippen LogP contribution in [0.15, 0.2) is 41.3 Å². The van der Waals surface area contributed by atoms with Crippen LogP contribution >= 0.6 is 0 Å². The second-order valence-electron chi connectivity index (χ2n) is 4.90. The van der Waals surface area contributed by atoms with Crippen LogP contribution in [0.4, 0.5) is 5.69 Å². The molecule has 0 aliphatic carbocycles. The summed E-state index contributed by atoms with van der Waals surface area (Å²) in [4.78, 5) is 9.87. The van der Waals surface area contributed by atoms with Crippen LogP contribution in [-0.2, 0) is 10.1 Å². The number of ether oxygens (including phenoxy) is 1. The van der Waals surface area contributed by atoms with Gasteiger partial charge in [0.15, 0.2) is 0 Å². The topological polar surface area (TPSA) is 95.7 Å². The van der Waals surface area contributed by atoms with Gasteiger partial charge in [-0.25, -0.2) is 0 Å². The largest absolute Gasteiger partial charge is 0.495 e. The summed E-state index contributed by atoms with van der Waals surface area (Å²) in [6.07, 6.45) is 0. The molecule has 0 unspecified atom stereocenters. The van der Waals surface area contributed by atoms with E-state index in [9.17, 15) is 18.5 Å². The summed E-state index contributed by atoms with van der Waals surface area (Å²) >= 11 is 0. The minimum Gasteiger partial charge on any atom is -0.495 e. The van der Waals surface area contributed by atoms with Gasteiger partial charge in [-0.05, 0) is 37.1 Å². The number of nitrogens with zero attached hydrogens (tertiary/aromatic N) is 1. The first-order valence-electron chi connectivity index (χ1n) is 6.59. The average molecular weight is 337 g/mol. The molecule has 2 rings (SSSR count). The molecule has 0 heterocycles. The molecule has 0 amide bonds. The fourth-order valence-electron chi connectivity index (χ4n) is 1.94. The maximum atomic E-state index is 12.5. The summed E-state index contributed by atoms with van der Waals surface area (Å²) < 4.78 is 35.0. The number of nitro groups is 1. The van der Waals surface area contributed by atoms with Crippen LogP contribution < -0.4 is 8.92 Å². The first kappa shape index (κ1) is 16.8. The van der Waals surface area contributed by atoms with Crippen molar-refractivity contribution in [1.29, 1.82) is 0 Å². The lowest BCUT2D eigenvalue weighted by Gasteiger charge is -2.12. The zero-order chi connectivity index (χ0) is 17.2. The zero-order valence-corrected chi connectivity index (χ0v) is 13.6. The van der Waals surface area contributed by atoms with Crippen molar-refractivity contribution in [2.45, 2.75) is 18.7 Å². The minimum absolute atomic E-state index is 0.149. The Kier molecular flexibility index (Phi) is 4.55. The highest BCUT2D eigenvalue weighted by molar-refractivity contribution is 7.87. The number of non-ortho nitro benzene ring substituents is 1. The van der Waals surface area contributed by atoms with Gasteiger partial charge in [0, 0.05) is 6.07 Å². The van der Waals surface area contributed by atoms with E-state index in [1.165, 1.54) is 7.11 Å². The van der Waals surface area contributed by atoms with Gasteiger partial charge in [-0.2, -0.15) is 8.42 Å². The highest BCUT2D eigenvalue weighted by Gasteiger charge is 2.25. The van der Waals surface area contributed by atoms with E-state index in [4.69, 9.17) is 8.92 Å². The van der Waals surface area contributed by atoms with Crippen molar-refractivity contribution in [3.05, 3.63) is 57.6 Å². The van der Waals surface area contributed by atoms with Crippen molar-refractivity contribution in [2.75, 3.05) is 7.11 Å². The van der Waals surface area contributed by atoms with Crippen molar-refractivity contribution in [2.24, 2.45) is 0 Å². The predicted molar refractivity (Wildman–Crippen MR) is 83.4 cm³/mol. The molecule has 0 radical (unpaired) electrons. The summed E-state index contributed by atoms with van der Waals surface area (Å²) in [6, 6.07) is 8.40. The summed E-state index contributed by atoms with van der Waals surface area (Å²) in [5.74, 6) is 0.0508.